The molecule has 0 saturated carbocycles. The Labute approximate surface area is 116 Å². The van der Waals surface area contributed by atoms with Crippen molar-refractivity contribution >= 4 is 0 Å². The Kier molecular flexibility index (Phi) is 7.46. The van der Waals surface area contributed by atoms with Crippen molar-refractivity contribution in [1.29, 1.82) is 0 Å². The second-order valence-electron chi connectivity index (χ2n) is 7.57. The van der Waals surface area contributed by atoms with Gasteiger partial charge in [-0.15, -0.1) is 0 Å². The topological polar surface area (TPSA) is 15.3 Å². The van der Waals surface area contributed by atoms with Crippen molar-refractivity contribution in [3.05, 3.63) is 0 Å². The minimum atomic E-state index is 0.333. The summed E-state index contributed by atoms with van der Waals surface area (Å²) in [5.41, 5.74) is 0.333. The molecule has 0 bridgehead atoms. The molecule has 0 spiro atoms. The Bertz CT molecular complexity index is 216. The maximum Gasteiger partial charge on any atom is 0.0243 e. The van der Waals surface area contributed by atoms with E-state index in [9.17, 15) is 0 Å². The first kappa shape index (κ1) is 17.9. The lowest BCUT2D eigenvalue weighted by molar-refractivity contribution is 0.0741. The third kappa shape index (κ3) is 6.19. The molecule has 0 heterocycles. The predicted molar refractivity (Wildman–Crippen MR) is 83.0 cm³/mol. The van der Waals surface area contributed by atoms with Crippen LogP contribution in [0.15, 0.2) is 0 Å². The van der Waals surface area contributed by atoms with Crippen LogP contribution in [0.1, 0.15) is 55.4 Å². The fourth-order valence-electron chi connectivity index (χ4n) is 2.27. The molecule has 2 nitrogen and oxygen atoms in total. The molecule has 1 N–H and O–H groups in total. The summed E-state index contributed by atoms with van der Waals surface area (Å²) in [4.78, 5) is 2.55. The van der Waals surface area contributed by atoms with E-state index in [0.29, 0.717) is 23.4 Å². The van der Waals surface area contributed by atoms with E-state index in [1.54, 1.807) is 0 Å². The SMILES string of the molecule is CC(C)CNCC(C(C)C)N(C)C(C)C(C)(C)C. The molecule has 0 radical (unpaired) electrons. The second kappa shape index (κ2) is 7.49. The van der Waals surface area contributed by atoms with E-state index >= 15 is 0 Å². The van der Waals surface area contributed by atoms with Gasteiger partial charge in [-0.1, -0.05) is 48.5 Å². The Balaban J connectivity index is 4.50. The highest BCUT2D eigenvalue weighted by Crippen LogP contribution is 2.26. The largest absolute Gasteiger partial charge is 0.315 e. The van der Waals surface area contributed by atoms with Gasteiger partial charge in [-0.05, 0) is 37.8 Å². The minimum Gasteiger partial charge on any atom is -0.315 e. The molecule has 110 valence electrons. The van der Waals surface area contributed by atoms with Crippen molar-refractivity contribution in [3.8, 4) is 0 Å². The summed E-state index contributed by atoms with van der Waals surface area (Å²) in [6.45, 7) is 20.7. The molecule has 2 heteroatoms. The van der Waals surface area contributed by atoms with Crippen LogP contribution >= 0.6 is 0 Å². The average molecular weight is 256 g/mol. The van der Waals surface area contributed by atoms with Crippen LogP contribution in [0.5, 0.6) is 0 Å². The van der Waals surface area contributed by atoms with Gasteiger partial charge >= 0.3 is 0 Å². The van der Waals surface area contributed by atoms with Crippen molar-refractivity contribution in [2.45, 2.75) is 67.5 Å². The van der Waals surface area contributed by atoms with Crippen LogP contribution in [0, 0.1) is 17.3 Å². The molecule has 0 saturated heterocycles. The van der Waals surface area contributed by atoms with Crippen molar-refractivity contribution in [3.63, 3.8) is 0 Å². The van der Waals surface area contributed by atoms with Crippen molar-refractivity contribution < 1.29 is 0 Å². The monoisotopic (exact) mass is 256 g/mol. The molecule has 18 heavy (non-hydrogen) atoms. The number of nitrogens with one attached hydrogen (secondary N) is 1. The molecule has 0 rings (SSSR count). The average Bonchev–Trinajstić information content (AvgIpc) is 2.20. The van der Waals surface area contributed by atoms with Crippen LogP contribution in [-0.4, -0.2) is 37.1 Å². The van der Waals surface area contributed by atoms with Crippen molar-refractivity contribution in [2.75, 3.05) is 20.1 Å². The zero-order valence-corrected chi connectivity index (χ0v) is 14.2. The molecule has 0 aliphatic carbocycles. The first-order valence-corrected chi connectivity index (χ1v) is 7.50. The van der Waals surface area contributed by atoms with Gasteiger partial charge in [0.25, 0.3) is 0 Å². The maximum absolute atomic E-state index is 3.61. The van der Waals surface area contributed by atoms with Gasteiger partial charge in [-0.25, -0.2) is 0 Å². The summed E-state index contributed by atoms with van der Waals surface area (Å²) in [7, 11) is 2.28. The highest BCUT2D eigenvalue weighted by molar-refractivity contribution is 4.84. The highest BCUT2D eigenvalue weighted by Gasteiger charge is 2.29. The summed E-state index contributed by atoms with van der Waals surface area (Å²) >= 11 is 0. The second-order valence-corrected chi connectivity index (χ2v) is 7.57. The van der Waals surface area contributed by atoms with Crippen LogP contribution in [0.4, 0.5) is 0 Å². The van der Waals surface area contributed by atoms with Gasteiger partial charge in [-0.3, -0.25) is 4.90 Å². The van der Waals surface area contributed by atoms with Gasteiger partial charge in [0.05, 0.1) is 0 Å². The molecule has 0 aromatic carbocycles. The fourth-order valence-corrected chi connectivity index (χ4v) is 2.27. The smallest absolute Gasteiger partial charge is 0.0243 e. The Hall–Kier alpha value is -0.0800. The summed E-state index contributed by atoms with van der Waals surface area (Å²) in [6.07, 6.45) is 0. The minimum absolute atomic E-state index is 0.333. The Morgan fingerprint density at radius 1 is 0.944 bits per heavy atom. The summed E-state index contributed by atoms with van der Waals surface area (Å²) in [6, 6.07) is 1.20. The van der Waals surface area contributed by atoms with E-state index in [1.807, 2.05) is 0 Å². The summed E-state index contributed by atoms with van der Waals surface area (Å²) in [5, 5.41) is 3.61. The molecule has 0 aliphatic heterocycles. The summed E-state index contributed by atoms with van der Waals surface area (Å²) < 4.78 is 0. The predicted octanol–water partition coefficient (Wildman–Crippen LogP) is 3.62. The zero-order chi connectivity index (χ0) is 14.5. The van der Waals surface area contributed by atoms with Crippen molar-refractivity contribution in [2.24, 2.45) is 17.3 Å². The van der Waals surface area contributed by atoms with Crippen LogP contribution in [0.3, 0.4) is 0 Å². The van der Waals surface area contributed by atoms with Crippen LogP contribution in [-0.2, 0) is 0 Å². The lowest BCUT2D eigenvalue weighted by atomic mass is 9.85. The van der Waals surface area contributed by atoms with Gasteiger partial charge in [0.1, 0.15) is 0 Å². The van der Waals surface area contributed by atoms with E-state index in [4.69, 9.17) is 0 Å². The molecule has 2 atom stereocenters. The maximum atomic E-state index is 3.61. The number of nitrogens with zero attached hydrogens (tertiary/aromatic N) is 1. The summed E-state index contributed by atoms with van der Waals surface area (Å²) in [5.74, 6) is 1.41. The number of likely N-dealkylation sites (N-methyl/N-ethyl adjacent to an activating group) is 1. The molecule has 0 amide bonds. The van der Waals surface area contributed by atoms with E-state index in [-0.39, 0.29) is 0 Å². The normalized spacial score (nSPS) is 16.7. The molecule has 0 aliphatic rings. The molecular weight excluding hydrogens is 220 g/mol. The lowest BCUT2D eigenvalue weighted by Crippen LogP contribution is -2.51. The first-order chi connectivity index (χ1) is 8.07. The zero-order valence-electron chi connectivity index (χ0n) is 14.2. The van der Waals surface area contributed by atoms with E-state index < -0.39 is 0 Å². The van der Waals surface area contributed by atoms with E-state index in [1.165, 1.54) is 0 Å². The van der Waals surface area contributed by atoms with Crippen molar-refractivity contribution in [1.82, 2.24) is 10.2 Å². The fraction of sp³-hybridized carbons (Fsp3) is 1.00. The third-order valence-corrected chi connectivity index (χ3v) is 4.06. The van der Waals surface area contributed by atoms with E-state index in [2.05, 4.69) is 72.7 Å². The van der Waals surface area contributed by atoms with E-state index in [0.717, 1.165) is 19.0 Å². The molecule has 0 aromatic heterocycles. The lowest BCUT2D eigenvalue weighted by Gasteiger charge is -2.42. The number of hydrogen-bond acceptors (Lipinski definition) is 2. The third-order valence-electron chi connectivity index (χ3n) is 4.06. The van der Waals surface area contributed by atoms with Crippen LogP contribution < -0.4 is 5.32 Å². The first-order valence-electron chi connectivity index (χ1n) is 7.50. The van der Waals surface area contributed by atoms with Gasteiger partial charge in [0.15, 0.2) is 0 Å². The van der Waals surface area contributed by atoms with Crippen LogP contribution in [0.25, 0.3) is 0 Å². The Morgan fingerprint density at radius 2 is 1.44 bits per heavy atom. The van der Waals surface area contributed by atoms with Gasteiger partial charge in [-0.2, -0.15) is 0 Å². The molecular formula is C16H36N2. The number of hydrogen-bond donors (Lipinski definition) is 1. The van der Waals surface area contributed by atoms with Crippen LogP contribution in [0.2, 0.25) is 0 Å². The van der Waals surface area contributed by atoms with Gasteiger partial charge < -0.3 is 5.32 Å². The van der Waals surface area contributed by atoms with Gasteiger partial charge in [0.2, 0.25) is 0 Å². The molecule has 0 fully saturated rings. The van der Waals surface area contributed by atoms with Gasteiger partial charge in [0, 0.05) is 18.6 Å². The Morgan fingerprint density at radius 3 is 1.78 bits per heavy atom. The molecule has 0 aromatic rings. The highest BCUT2D eigenvalue weighted by atomic mass is 15.2. The number of rotatable bonds is 7. The standard InChI is InChI=1S/C16H36N2/c1-12(2)10-17-11-15(13(3)4)18(9)14(5)16(6,7)8/h12-15,17H,10-11H2,1-9H3. The molecule has 2 unspecified atom stereocenters. The quantitative estimate of drug-likeness (QED) is 0.748.